The first kappa shape index (κ1) is 27.9. The van der Waals surface area contributed by atoms with E-state index in [2.05, 4.69) is 60.2 Å². The van der Waals surface area contributed by atoms with Crippen LogP contribution in [0.2, 0.25) is 0 Å². The second kappa shape index (κ2) is 11.9. The third kappa shape index (κ3) is 5.88. The number of hydrogen-bond donors (Lipinski definition) is 0. The van der Waals surface area contributed by atoms with Gasteiger partial charge in [-0.2, -0.15) is 0 Å². The average Bonchev–Trinajstić information content (AvgIpc) is 3.63. The Bertz CT molecular complexity index is 1940. The Morgan fingerprint density at radius 3 is 1.74 bits per heavy atom. The molecule has 4 aromatic carbocycles. The summed E-state index contributed by atoms with van der Waals surface area (Å²) in [5.74, 6) is 1.02. The van der Waals surface area contributed by atoms with Crippen LogP contribution in [-0.4, -0.2) is 18.4 Å². The van der Waals surface area contributed by atoms with Gasteiger partial charge in [0, 0.05) is 12.0 Å². The molecule has 0 saturated carbocycles. The molecule has 0 saturated heterocycles. The van der Waals surface area contributed by atoms with E-state index in [1.807, 2.05) is 12.1 Å². The van der Waals surface area contributed by atoms with Crippen LogP contribution < -0.4 is 0 Å². The SMILES string of the molecule is CCCCc1ccc(Cc2nc3cc(S(=O)(=O)c4ccc5oc(-c6ccc(CCCC)cc6)nc5c4)ccc3o2)cc1. The molecule has 6 aromatic rings. The number of oxazole rings is 2. The smallest absolute Gasteiger partial charge is 0.227 e. The summed E-state index contributed by atoms with van der Waals surface area (Å²) in [6.07, 6.45) is 7.31. The fourth-order valence-corrected chi connectivity index (χ4v) is 6.41. The Morgan fingerprint density at radius 1 is 0.619 bits per heavy atom. The lowest BCUT2D eigenvalue weighted by Gasteiger charge is -2.04. The molecule has 0 bridgehead atoms. The molecule has 0 atom stereocenters. The molecule has 0 unspecified atom stereocenters. The molecule has 42 heavy (non-hydrogen) atoms. The Labute approximate surface area is 246 Å². The van der Waals surface area contributed by atoms with Crippen LogP contribution in [0.15, 0.2) is 104 Å². The molecule has 0 fully saturated rings. The monoisotopic (exact) mass is 578 g/mol. The van der Waals surface area contributed by atoms with Crippen LogP contribution in [0.4, 0.5) is 0 Å². The highest BCUT2D eigenvalue weighted by Crippen LogP contribution is 2.30. The molecule has 0 aliphatic rings. The highest BCUT2D eigenvalue weighted by atomic mass is 32.2. The maximum Gasteiger partial charge on any atom is 0.227 e. The van der Waals surface area contributed by atoms with Crippen LogP contribution in [0.25, 0.3) is 33.7 Å². The number of aryl methyl sites for hydroxylation is 2. The Morgan fingerprint density at radius 2 is 1.14 bits per heavy atom. The average molecular weight is 579 g/mol. The minimum Gasteiger partial charge on any atom is -0.440 e. The summed E-state index contributed by atoms with van der Waals surface area (Å²) in [4.78, 5) is 9.50. The Hall–Kier alpha value is -4.23. The molecule has 6 rings (SSSR count). The van der Waals surface area contributed by atoms with Crippen LogP contribution in [0, 0.1) is 0 Å². The summed E-state index contributed by atoms with van der Waals surface area (Å²) < 4.78 is 39.1. The summed E-state index contributed by atoms with van der Waals surface area (Å²) >= 11 is 0. The summed E-state index contributed by atoms with van der Waals surface area (Å²) in [6, 6.07) is 26.3. The number of aromatic nitrogens is 2. The molecular weight excluding hydrogens is 544 g/mol. The maximum absolute atomic E-state index is 13.6. The van der Waals surface area contributed by atoms with E-state index in [1.165, 1.54) is 24.0 Å². The highest BCUT2D eigenvalue weighted by molar-refractivity contribution is 7.91. The molecule has 0 aliphatic heterocycles. The van der Waals surface area contributed by atoms with Crippen LogP contribution in [0.1, 0.15) is 62.1 Å². The van der Waals surface area contributed by atoms with Gasteiger partial charge in [0.15, 0.2) is 17.1 Å². The zero-order valence-electron chi connectivity index (χ0n) is 24.0. The second-order valence-corrected chi connectivity index (χ2v) is 12.7. The van der Waals surface area contributed by atoms with E-state index in [4.69, 9.17) is 8.83 Å². The van der Waals surface area contributed by atoms with Gasteiger partial charge in [-0.05, 0) is 90.9 Å². The number of nitrogens with zero attached hydrogens (tertiary/aromatic N) is 2. The Kier molecular flexibility index (Phi) is 7.94. The number of rotatable bonds is 11. The minimum atomic E-state index is -3.82. The normalized spacial score (nSPS) is 12.0. The second-order valence-electron chi connectivity index (χ2n) is 10.8. The molecule has 2 aromatic heterocycles. The van der Waals surface area contributed by atoms with Crippen LogP contribution >= 0.6 is 0 Å². The van der Waals surface area contributed by atoms with Crippen molar-refractivity contribution in [1.82, 2.24) is 9.97 Å². The fourth-order valence-electron chi connectivity index (χ4n) is 5.11. The Balaban J connectivity index is 1.22. The first-order valence-electron chi connectivity index (χ1n) is 14.6. The molecule has 6 nitrogen and oxygen atoms in total. The molecule has 214 valence electrons. The van der Waals surface area contributed by atoms with Gasteiger partial charge in [-0.25, -0.2) is 18.4 Å². The van der Waals surface area contributed by atoms with Gasteiger partial charge < -0.3 is 8.83 Å². The number of fused-ring (bicyclic) bond motifs is 2. The largest absolute Gasteiger partial charge is 0.440 e. The third-order valence-electron chi connectivity index (χ3n) is 7.60. The van der Waals surface area contributed by atoms with Gasteiger partial charge in [0.2, 0.25) is 15.7 Å². The van der Waals surface area contributed by atoms with Gasteiger partial charge in [-0.1, -0.05) is 63.1 Å². The molecule has 0 aliphatic carbocycles. The lowest BCUT2D eigenvalue weighted by atomic mass is 10.1. The molecule has 0 N–H and O–H groups in total. The van der Waals surface area contributed by atoms with Crippen molar-refractivity contribution in [3.63, 3.8) is 0 Å². The zero-order valence-corrected chi connectivity index (χ0v) is 24.8. The predicted octanol–water partition coefficient (Wildman–Crippen LogP) is 8.74. The molecule has 0 spiro atoms. The first-order valence-corrected chi connectivity index (χ1v) is 16.1. The fraction of sp³-hybridized carbons (Fsp3) is 0.257. The molecule has 2 heterocycles. The predicted molar refractivity (Wildman–Crippen MR) is 165 cm³/mol. The van der Waals surface area contributed by atoms with Gasteiger partial charge in [-0.3, -0.25) is 0 Å². The number of sulfone groups is 1. The van der Waals surface area contributed by atoms with E-state index in [1.54, 1.807) is 36.4 Å². The summed E-state index contributed by atoms with van der Waals surface area (Å²) in [5, 5.41) is 0. The van der Waals surface area contributed by atoms with E-state index >= 15 is 0 Å². The van der Waals surface area contributed by atoms with Crippen molar-refractivity contribution >= 4 is 32.0 Å². The lowest BCUT2D eigenvalue weighted by molar-refractivity contribution is 0.544. The van der Waals surface area contributed by atoms with Gasteiger partial charge in [0.25, 0.3) is 0 Å². The summed E-state index contributed by atoms with van der Waals surface area (Å²) in [5.41, 5.74) is 6.65. The molecule has 0 radical (unpaired) electrons. The maximum atomic E-state index is 13.6. The standard InChI is InChI=1S/C35H34N2O4S/c1-3-5-7-24-9-11-26(12-10-24)21-34-36-30-22-28(17-19-32(30)40-34)42(38,39)29-18-20-33-31(23-29)37-35(41-33)27-15-13-25(14-16-27)8-6-4-2/h9-20,22-23H,3-8,21H2,1-2H3. The van der Waals surface area contributed by atoms with E-state index < -0.39 is 9.84 Å². The highest BCUT2D eigenvalue weighted by Gasteiger charge is 2.21. The van der Waals surface area contributed by atoms with Crippen molar-refractivity contribution < 1.29 is 17.3 Å². The quantitative estimate of drug-likeness (QED) is 0.153. The van der Waals surface area contributed by atoms with Crippen molar-refractivity contribution in [2.45, 2.75) is 68.6 Å². The van der Waals surface area contributed by atoms with Crippen molar-refractivity contribution in [3.05, 3.63) is 108 Å². The zero-order chi connectivity index (χ0) is 29.1. The van der Waals surface area contributed by atoms with Crippen molar-refractivity contribution in [2.75, 3.05) is 0 Å². The van der Waals surface area contributed by atoms with E-state index in [0.29, 0.717) is 40.4 Å². The van der Waals surface area contributed by atoms with Gasteiger partial charge in [-0.15, -0.1) is 0 Å². The van der Waals surface area contributed by atoms with E-state index in [9.17, 15) is 8.42 Å². The number of unbranched alkanes of at least 4 members (excludes halogenated alkanes) is 2. The topological polar surface area (TPSA) is 86.2 Å². The van der Waals surface area contributed by atoms with Gasteiger partial charge >= 0.3 is 0 Å². The van der Waals surface area contributed by atoms with E-state index in [-0.39, 0.29) is 9.79 Å². The van der Waals surface area contributed by atoms with Crippen LogP contribution in [0.5, 0.6) is 0 Å². The number of hydrogen-bond acceptors (Lipinski definition) is 6. The summed E-state index contributed by atoms with van der Waals surface area (Å²) in [7, 11) is -3.82. The third-order valence-corrected chi connectivity index (χ3v) is 9.35. The lowest BCUT2D eigenvalue weighted by Crippen LogP contribution is -2.01. The molecule has 0 amide bonds. The van der Waals surface area contributed by atoms with Crippen LogP contribution in [0.3, 0.4) is 0 Å². The van der Waals surface area contributed by atoms with Crippen molar-refractivity contribution in [1.29, 1.82) is 0 Å². The van der Waals surface area contributed by atoms with Crippen molar-refractivity contribution in [2.24, 2.45) is 0 Å². The van der Waals surface area contributed by atoms with Crippen molar-refractivity contribution in [3.8, 4) is 11.5 Å². The van der Waals surface area contributed by atoms with Crippen LogP contribution in [-0.2, 0) is 29.1 Å². The van der Waals surface area contributed by atoms with Gasteiger partial charge in [0.05, 0.1) is 9.79 Å². The number of benzene rings is 4. The summed E-state index contributed by atoms with van der Waals surface area (Å²) in [6.45, 7) is 4.37. The van der Waals surface area contributed by atoms with Gasteiger partial charge in [0.1, 0.15) is 11.0 Å². The molecule has 7 heteroatoms. The minimum absolute atomic E-state index is 0.149. The van der Waals surface area contributed by atoms with E-state index in [0.717, 1.165) is 36.8 Å². The molecular formula is C35H34N2O4S. The first-order chi connectivity index (χ1) is 20.4.